The SMILES string of the molecule is CCCCCCCCCC/C=C\CCCCCCCCCCCC(=O)OC(COC(=O)CCCCCCCCCCCCCCCCCCCCCCCCC)COP(=O)(O)O. The average molecular weight is 899 g/mol. The van der Waals surface area contributed by atoms with Gasteiger partial charge in [-0.1, -0.05) is 257 Å². The predicted octanol–water partition coefficient (Wildman–Crippen LogP) is 17.3. The molecule has 0 spiro atoms. The Labute approximate surface area is 384 Å². The first kappa shape index (κ1) is 60.8. The molecule has 0 aliphatic heterocycles. The third-order valence-corrected chi connectivity index (χ3v) is 12.8. The Morgan fingerprint density at radius 2 is 0.677 bits per heavy atom. The predicted molar refractivity (Wildman–Crippen MR) is 262 cm³/mol. The molecule has 0 aromatic rings. The van der Waals surface area contributed by atoms with Crippen LogP contribution in [0.1, 0.15) is 296 Å². The molecule has 0 aromatic carbocycles. The summed E-state index contributed by atoms with van der Waals surface area (Å²) in [4.78, 5) is 43.2. The average Bonchev–Trinajstić information content (AvgIpc) is 3.25. The van der Waals surface area contributed by atoms with Gasteiger partial charge in [0, 0.05) is 12.8 Å². The Morgan fingerprint density at radius 3 is 0.984 bits per heavy atom. The van der Waals surface area contributed by atoms with Crippen LogP contribution in [0.3, 0.4) is 0 Å². The number of ether oxygens (including phenoxy) is 2. The maximum Gasteiger partial charge on any atom is 0.469 e. The lowest BCUT2D eigenvalue weighted by Gasteiger charge is -2.18. The van der Waals surface area contributed by atoms with Crippen LogP contribution in [0.25, 0.3) is 0 Å². The lowest BCUT2D eigenvalue weighted by Crippen LogP contribution is -2.29. The molecular weight excluding hydrogens is 796 g/mol. The zero-order valence-corrected chi connectivity index (χ0v) is 41.9. The first-order chi connectivity index (χ1) is 30.3. The highest BCUT2D eigenvalue weighted by Gasteiger charge is 2.23. The molecule has 8 nitrogen and oxygen atoms in total. The zero-order chi connectivity index (χ0) is 45.3. The fraction of sp³-hybridized carbons (Fsp3) is 0.925. The van der Waals surface area contributed by atoms with Gasteiger partial charge in [-0.3, -0.25) is 14.1 Å². The standard InChI is InChI=1S/C53H103O8P/c1-3-5-7-9-11-13-15-17-19-21-23-25-26-28-29-31-33-35-37-39-41-43-45-47-52(54)59-49-51(50-60-62(56,57)58)61-53(55)48-46-44-42-40-38-36-34-32-30-27-24-22-20-18-16-14-12-10-8-6-4-2/h22,24,51H,3-21,23,25-50H2,1-2H3,(H2,56,57,58)/b24-22-. The maximum atomic E-state index is 12.5. The molecule has 368 valence electrons. The number of rotatable bonds is 51. The van der Waals surface area contributed by atoms with E-state index in [1.807, 2.05) is 0 Å². The number of hydrogen-bond acceptors (Lipinski definition) is 6. The molecule has 1 atom stereocenters. The van der Waals surface area contributed by atoms with Crippen LogP contribution in [-0.2, 0) is 28.2 Å². The van der Waals surface area contributed by atoms with Crippen LogP contribution < -0.4 is 0 Å². The second kappa shape index (κ2) is 49.2. The lowest BCUT2D eigenvalue weighted by atomic mass is 10.0. The van der Waals surface area contributed by atoms with Crippen LogP contribution in [0, 0.1) is 0 Å². The van der Waals surface area contributed by atoms with Gasteiger partial charge in [-0.25, -0.2) is 4.57 Å². The Kier molecular flexibility index (Phi) is 48.3. The zero-order valence-electron chi connectivity index (χ0n) is 41.1. The molecule has 0 saturated heterocycles. The summed E-state index contributed by atoms with van der Waals surface area (Å²) < 4.78 is 26.6. The molecule has 0 aromatic heterocycles. The van der Waals surface area contributed by atoms with Gasteiger partial charge in [0.05, 0.1) is 6.61 Å². The molecular formula is C53H103O8P. The van der Waals surface area contributed by atoms with E-state index in [4.69, 9.17) is 19.3 Å². The van der Waals surface area contributed by atoms with Crippen LogP contribution in [0.2, 0.25) is 0 Å². The molecule has 0 bridgehead atoms. The van der Waals surface area contributed by atoms with Crippen molar-refractivity contribution in [2.45, 2.75) is 302 Å². The third kappa shape index (κ3) is 51.4. The number of phosphoric ester groups is 1. The van der Waals surface area contributed by atoms with Crippen molar-refractivity contribution in [1.82, 2.24) is 0 Å². The molecule has 2 N–H and O–H groups in total. The Morgan fingerprint density at radius 1 is 0.403 bits per heavy atom. The summed E-state index contributed by atoms with van der Waals surface area (Å²) in [7, 11) is -4.76. The molecule has 62 heavy (non-hydrogen) atoms. The number of carbonyl (C=O) groups excluding carboxylic acids is 2. The summed E-state index contributed by atoms with van der Waals surface area (Å²) in [6.45, 7) is 3.75. The Balaban J connectivity index is 3.75. The summed E-state index contributed by atoms with van der Waals surface area (Å²) in [5.41, 5.74) is 0. The van der Waals surface area contributed by atoms with E-state index >= 15 is 0 Å². The minimum Gasteiger partial charge on any atom is -0.462 e. The molecule has 0 rings (SSSR count). The number of carbonyl (C=O) groups is 2. The summed E-state index contributed by atoms with van der Waals surface area (Å²) in [5.74, 6) is -0.867. The van der Waals surface area contributed by atoms with Gasteiger partial charge < -0.3 is 19.3 Å². The molecule has 0 saturated carbocycles. The highest BCUT2D eigenvalue weighted by atomic mass is 31.2. The number of unbranched alkanes of at least 4 members (excludes halogenated alkanes) is 39. The van der Waals surface area contributed by atoms with Crippen LogP contribution in [-0.4, -0.2) is 41.0 Å². The summed E-state index contributed by atoms with van der Waals surface area (Å²) in [6.07, 6.45) is 58.1. The van der Waals surface area contributed by atoms with Gasteiger partial charge in [-0.2, -0.15) is 0 Å². The highest BCUT2D eigenvalue weighted by molar-refractivity contribution is 7.46. The number of esters is 2. The first-order valence-corrected chi connectivity index (χ1v) is 28.5. The maximum absolute atomic E-state index is 12.5. The van der Waals surface area contributed by atoms with Gasteiger partial charge in [-0.15, -0.1) is 0 Å². The van der Waals surface area contributed by atoms with E-state index in [9.17, 15) is 14.2 Å². The van der Waals surface area contributed by atoms with Crippen LogP contribution >= 0.6 is 7.82 Å². The van der Waals surface area contributed by atoms with Gasteiger partial charge in [0.15, 0.2) is 6.10 Å². The minimum absolute atomic E-state index is 0.215. The fourth-order valence-electron chi connectivity index (χ4n) is 8.25. The monoisotopic (exact) mass is 899 g/mol. The largest absolute Gasteiger partial charge is 0.469 e. The van der Waals surface area contributed by atoms with E-state index in [1.54, 1.807) is 0 Å². The van der Waals surface area contributed by atoms with Crippen molar-refractivity contribution in [2.75, 3.05) is 13.2 Å². The highest BCUT2D eigenvalue weighted by Crippen LogP contribution is 2.36. The van der Waals surface area contributed by atoms with E-state index in [0.717, 1.165) is 38.5 Å². The molecule has 9 heteroatoms. The van der Waals surface area contributed by atoms with Crippen molar-refractivity contribution in [1.29, 1.82) is 0 Å². The lowest BCUT2D eigenvalue weighted by molar-refractivity contribution is -0.161. The van der Waals surface area contributed by atoms with Crippen LogP contribution in [0.4, 0.5) is 0 Å². The molecule has 1 unspecified atom stereocenters. The molecule has 0 aliphatic rings. The summed E-state index contributed by atoms with van der Waals surface area (Å²) >= 11 is 0. The van der Waals surface area contributed by atoms with E-state index in [2.05, 4.69) is 30.5 Å². The third-order valence-electron chi connectivity index (χ3n) is 12.3. The van der Waals surface area contributed by atoms with Gasteiger partial charge >= 0.3 is 19.8 Å². The topological polar surface area (TPSA) is 119 Å². The van der Waals surface area contributed by atoms with Crippen LogP contribution in [0.5, 0.6) is 0 Å². The second-order valence-corrected chi connectivity index (χ2v) is 19.8. The molecule has 0 radical (unpaired) electrons. The Bertz CT molecular complexity index is 1010. The van der Waals surface area contributed by atoms with E-state index < -0.39 is 32.5 Å². The fourth-order valence-corrected chi connectivity index (χ4v) is 8.62. The number of hydrogen-bond donors (Lipinski definition) is 2. The molecule has 0 aliphatic carbocycles. The summed E-state index contributed by atoms with van der Waals surface area (Å²) in [6, 6.07) is 0. The van der Waals surface area contributed by atoms with Crippen molar-refractivity contribution in [3.05, 3.63) is 12.2 Å². The van der Waals surface area contributed by atoms with E-state index in [-0.39, 0.29) is 19.4 Å². The van der Waals surface area contributed by atoms with E-state index in [1.165, 1.54) is 225 Å². The van der Waals surface area contributed by atoms with Crippen molar-refractivity contribution in [3.8, 4) is 0 Å². The first-order valence-electron chi connectivity index (χ1n) is 27.0. The number of allylic oxidation sites excluding steroid dienone is 2. The van der Waals surface area contributed by atoms with E-state index in [0.29, 0.717) is 6.42 Å². The molecule has 0 heterocycles. The summed E-state index contributed by atoms with van der Waals surface area (Å²) in [5, 5.41) is 0. The Hall–Kier alpha value is -1.21. The van der Waals surface area contributed by atoms with Gasteiger partial charge in [0.1, 0.15) is 6.61 Å². The van der Waals surface area contributed by atoms with Crippen molar-refractivity contribution >= 4 is 19.8 Å². The minimum atomic E-state index is -4.76. The second-order valence-electron chi connectivity index (χ2n) is 18.6. The van der Waals surface area contributed by atoms with Crippen LogP contribution in [0.15, 0.2) is 12.2 Å². The normalized spacial score (nSPS) is 12.4. The van der Waals surface area contributed by atoms with Crippen molar-refractivity contribution in [3.63, 3.8) is 0 Å². The van der Waals surface area contributed by atoms with Gasteiger partial charge in [0.25, 0.3) is 0 Å². The molecule has 0 amide bonds. The van der Waals surface area contributed by atoms with Gasteiger partial charge in [-0.05, 0) is 38.5 Å². The van der Waals surface area contributed by atoms with Crippen molar-refractivity contribution in [2.24, 2.45) is 0 Å². The van der Waals surface area contributed by atoms with Crippen molar-refractivity contribution < 1.29 is 37.9 Å². The van der Waals surface area contributed by atoms with Gasteiger partial charge in [0.2, 0.25) is 0 Å². The number of phosphoric acid groups is 1. The smallest absolute Gasteiger partial charge is 0.462 e. The quantitative estimate of drug-likeness (QED) is 0.0268. The molecule has 0 fully saturated rings.